The summed E-state index contributed by atoms with van der Waals surface area (Å²) in [5, 5.41) is 9.41. The maximum Gasteiger partial charge on any atom is 0.337 e. The minimum absolute atomic E-state index is 0.415. The molecule has 3 heteroatoms. The number of aliphatic hydroxyl groups is 1. The van der Waals surface area contributed by atoms with Crippen LogP contribution in [0.5, 0.6) is 0 Å². The van der Waals surface area contributed by atoms with Crippen LogP contribution >= 0.6 is 0 Å². The summed E-state index contributed by atoms with van der Waals surface area (Å²) in [5.74, 6) is 0.988. The molecule has 0 amide bonds. The Bertz CT molecular complexity index is 243. The predicted molar refractivity (Wildman–Crippen MR) is 79.0 cm³/mol. The van der Waals surface area contributed by atoms with E-state index in [1.54, 1.807) is 0 Å². The van der Waals surface area contributed by atoms with Crippen molar-refractivity contribution in [3.8, 4) is 0 Å². The van der Waals surface area contributed by atoms with Crippen LogP contribution in [-0.4, -0.2) is 23.3 Å². The molecule has 0 saturated carbocycles. The minimum atomic E-state index is -1.37. The Morgan fingerprint density at radius 1 is 1.11 bits per heavy atom. The van der Waals surface area contributed by atoms with E-state index >= 15 is 0 Å². The lowest BCUT2D eigenvalue weighted by Gasteiger charge is -2.16. The molecule has 0 saturated heterocycles. The van der Waals surface area contributed by atoms with Crippen molar-refractivity contribution < 1.29 is 14.6 Å². The average Bonchev–Trinajstić information content (AvgIpc) is 2.32. The second-order valence-corrected chi connectivity index (χ2v) is 6.39. The van der Waals surface area contributed by atoms with Gasteiger partial charge in [-0.15, -0.1) is 0 Å². The van der Waals surface area contributed by atoms with E-state index in [2.05, 4.69) is 20.8 Å². The lowest BCUT2D eigenvalue weighted by Crippen LogP contribution is -2.33. The van der Waals surface area contributed by atoms with Crippen molar-refractivity contribution in [3.05, 3.63) is 0 Å². The first-order valence-electron chi connectivity index (χ1n) is 7.67. The average molecular weight is 272 g/mol. The largest absolute Gasteiger partial charge is 0.464 e. The van der Waals surface area contributed by atoms with E-state index in [-0.39, 0.29) is 0 Å². The topological polar surface area (TPSA) is 46.5 Å². The molecule has 3 nitrogen and oxygen atoms in total. The summed E-state index contributed by atoms with van der Waals surface area (Å²) in [6, 6.07) is 0. The van der Waals surface area contributed by atoms with Gasteiger partial charge < -0.3 is 9.84 Å². The summed E-state index contributed by atoms with van der Waals surface area (Å²) in [6.07, 6.45) is 7.09. The van der Waals surface area contributed by atoms with Gasteiger partial charge in [0.2, 0.25) is 0 Å². The molecule has 0 heterocycles. The molecule has 2 unspecified atom stereocenters. The fourth-order valence-corrected chi connectivity index (χ4v) is 1.94. The maximum atomic E-state index is 11.3. The maximum absolute atomic E-state index is 11.3. The molecule has 0 aliphatic rings. The van der Waals surface area contributed by atoms with Gasteiger partial charge in [-0.05, 0) is 38.5 Å². The van der Waals surface area contributed by atoms with Crippen molar-refractivity contribution in [2.24, 2.45) is 11.8 Å². The first-order chi connectivity index (χ1) is 8.77. The number of rotatable bonds is 10. The first kappa shape index (κ1) is 18.4. The molecule has 0 aliphatic carbocycles. The van der Waals surface area contributed by atoms with Gasteiger partial charge in [-0.2, -0.15) is 0 Å². The molecular formula is C16H32O3. The molecule has 0 radical (unpaired) electrons. The highest BCUT2D eigenvalue weighted by atomic mass is 16.5. The first-order valence-corrected chi connectivity index (χ1v) is 7.67. The highest BCUT2D eigenvalue weighted by molar-refractivity contribution is 5.78. The molecule has 1 N–H and O–H groups in total. The van der Waals surface area contributed by atoms with Gasteiger partial charge in [0.05, 0.1) is 6.61 Å². The van der Waals surface area contributed by atoms with Crippen LogP contribution in [0.25, 0.3) is 0 Å². The normalized spacial score (nSPS) is 15.1. The zero-order valence-corrected chi connectivity index (χ0v) is 13.4. The standard InChI is InChI=1S/C16H32O3/c1-6-13(2)9-7-10-14(3)11-8-12-19-15(17)16(4,5)18/h13-14,18H,6-12H2,1-5H3. The molecule has 0 bridgehead atoms. The molecule has 0 fully saturated rings. The third-order valence-corrected chi connectivity index (χ3v) is 3.66. The summed E-state index contributed by atoms with van der Waals surface area (Å²) in [5.41, 5.74) is -1.37. The number of hydrogen-bond donors (Lipinski definition) is 1. The Morgan fingerprint density at radius 2 is 1.63 bits per heavy atom. The number of carbonyl (C=O) groups excluding carboxylic acids is 1. The molecule has 0 aliphatic heterocycles. The predicted octanol–water partition coefficient (Wildman–Crippen LogP) is 3.93. The molecule has 0 aromatic heterocycles. The van der Waals surface area contributed by atoms with E-state index in [0.717, 1.165) is 18.8 Å². The van der Waals surface area contributed by atoms with Gasteiger partial charge in [0.1, 0.15) is 0 Å². The van der Waals surface area contributed by atoms with Crippen molar-refractivity contribution in [1.29, 1.82) is 0 Å². The van der Waals surface area contributed by atoms with E-state index in [1.807, 2.05) is 0 Å². The van der Waals surface area contributed by atoms with Crippen molar-refractivity contribution in [2.75, 3.05) is 6.61 Å². The van der Waals surface area contributed by atoms with Crippen molar-refractivity contribution in [2.45, 2.75) is 78.7 Å². The van der Waals surface area contributed by atoms with Crippen LogP contribution in [0.15, 0.2) is 0 Å². The molecule has 0 spiro atoms. The molecule has 2 atom stereocenters. The van der Waals surface area contributed by atoms with Gasteiger partial charge in [-0.3, -0.25) is 0 Å². The van der Waals surface area contributed by atoms with Gasteiger partial charge in [0.15, 0.2) is 5.60 Å². The highest BCUT2D eigenvalue weighted by Crippen LogP contribution is 2.18. The number of esters is 1. The van der Waals surface area contributed by atoms with Crippen molar-refractivity contribution >= 4 is 5.97 Å². The van der Waals surface area contributed by atoms with E-state index in [4.69, 9.17) is 4.74 Å². The second-order valence-electron chi connectivity index (χ2n) is 6.39. The summed E-state index contributed by atoms with van der Waals surface area (Å²) < 4.78 is 5.03. The summed E-state index contributed by atoms with van der Waals surface area (Å²) in [6.45, 7) is 10.1. The monoisotopic (exact) mass is 272 g/mol. The minimum Gasteiger partial charge on any atom is -0.464 e. The molecule has 114 valence electrons. The van der Waals surface area contributed by atoms with Gasteiger partial charge >= 0.3 is 5.97 Å². The van der Waals surface area contributed by atoms with Crippen molar-refractivity contribution in [1.82, 2.24) is 0 Å². The Labute approximate surface area is 118 Å². The number of ether oxygens (including phenoxy) is 1. The SMILES string of the molecule is CCC(C)CCCC(C)CCCOC(=O)C(C)(C)O. The lowest BCUT2D eigenvalue weighted by atomic mass is 9.95. The summed E-state index contributed by atoms with van der Waals surface area (Å²) in [7, 11) is 0. The van der Waals surface area contributed by atoms with Crippen LogP contribution in [0.1, 0.15) is 73.1 Å². The van der Waals surface area contributed by atoms with Crippen LogP contribution in [0.3, 0.4) is 0 Å². The zero-order valence-electron chi connectivity index (χ0n) is 13.4. The molecule has 0 aromatic rings. The highest BCUT2D eigenvalue weighted by Gasteiger charge is 2.25. The third kappa shape index (κ3) is 9.94. The van der Waals surface area contributed by atoms with Crippen LogP contribution in [0, 0.1) is 11.8 Å². The third-order valence-electron chi connectivity index (χ3n) is 3.66. The Morgan fingerprint density at radius 3 is 2.16 bits per heavy atom. The van der Waals surface area contributed by atoms with Gasteiger partial charge in [0, 0.05) is 0 Å². The Kier molecular flexibility index (Phi) is 9.07. The fourth-order valence-electron chi connectivity index (χ4n) is 1.94. The van der Waals surface area contributed by atoms with E-state index in [9.17, 15) is 9.90 Å². The Balaban J connectivity index is 3.54. The fraction of sp³-hybridized carbons (Fsp3) is 0.938. The van der Waals surface area contributed by atoms with E-state index < -0.39 is 11.6 Å². The van der Waals surface area contributed by atoms with Gasteiger partial charge in [-0.25, -0.2) is 4.79 Å². The summed E-state index contributed by atoms with van der Waals surface area (Å²) in [4.78, 5) is 11.3. The zero-order chi connectivity index (χ0) is 14.9. The second kappa shape index (κ2) is 9.35. The van der Waals surface area contributed by atoms with Crippen LogP contribution in [0.4, 0.5) is 0 Å². The van der Waals surface area contributed by atoms with E-state index in [0.29, 0.717) is 12.5 Å². The molecule has 0 rings (SSSR count). The Hall–Kier alpha value is -0.570. The lowest BCUT2D eigenvalue weighted by molar-refractivity contribution is -0.162. The quantitative estimate of drug-likeness (QED) is 0.484. The number of carbonyl (C=O) groups is 1. The van der Waals surface area contributed by atoms with Crippen LogP contribution in [0.2, 0.25) is 0 Å². The smallest absolute Gasteiger partial charge is 0.337 e. The molecular weight excluding hydrogens is 240 g/mol. The van der Waals surface area contributed by atoms with E-state index in [1.165, 1.54) is 39.5 Å². The van der Waals surface area contributed by atoms with Gasteiger partial charge in [-0.1, -0.05) is 46.5 Å². The summed E-state index contributed by atoms with van der Waals surface area (Å²) >= 11 is 0. The van der Waals surface area contributed by atoms with Crippen molar-refractivity contribution in [3.63, 3.8) is 0 Å². The molecule has 19 heavy (non-hydrogen) atoms. The van der Waals surface area contributed by atoms with Crippen LogP contribution < -0.4 is 0 Å². The number of hydrogen-bond acceptors (Lipinski definition) is 3. The van der Waals surface area contributed by atoms with Gasteiger partial charge in [0.25, 0.3) is 0 Å². The molecule has 0 aromatic carbocycles. The van der Waals surface area contributed by atoms with Crippen LogP contribution in [-0.2, 0) is 9.53 Å².